The standard InChI is InChI=1S/C21H21BrN6O/c1-3-16(14-8-6-5-7-9-14)24-21(29)17-12-19-23-11-10-18(28(19)25-17)20-15(22)13-27(4-2)26-20/h5-13,16H,3-4H2,1-2H3,(H,24,29). The van der Waals surface area contributed by atoms with Crippen molar-refractivity contribution in [3.8, 4) is 11.4 Å². The lowest BCUT2D eigenvalue weighted by molar-refractivity contribution is 0.0930. The van der Waals surface area contributed by atoms with E-state index in [1.54, 1.807) is 16.8 Å². The number of hydrogen-bond acceptors (Lipinski definition) is 4. The van der Waals surface area contributed by atoms with Gasteiger partial charge in [0.1, 0.15) is 5.69 Å². The molecule has 0 aliphatic heterocycles. The first-order chi connectivity index (χ1) is 14.1. The average molecular weight is 453 g/mol. The van der Waals surface area contributed by atoms with Crippen molar-refractivity contribution in [3.63, 3.8) is 0 Å². The van der Waals surface area contributed by atoms with E-state index in [1.807, 2.05) is 61.1 Å². The van der Waals surface area contributed by atoms with E-state index in [9.17, 15) is 4.79 Å². The number of rotatable bonds is 6. The summed E-state index contributed by atoms with van der Waals surface area (Å²) in [6, 6.07) is 13.4. The van der Waals surface area contributed by atoms with Crippen molar-refractivity contribution in [1.82, 2.24) is 29.7 Å². The van der Waals surface area contributed by atoms with Crippen LogP contribution in [0.5, 0.6) is 0 Å². The molecule has 0 saturated carbocycles. The molecule has 148 valence electrons. The molecule has 0 fully saturated rings. The number of carbonyl (C=O) groups excluding carboxylic acids is 1. The van der Waals surface area contributed by atoms with Crippen molar-refractivity contribution in [2.45, 2.75) is 32.9 Å². The minimum atomic E-state index is -0.227. The summed E-state index contributed by atoms with van der Waals surface area (Å²) in [5.41, 5.74) is 3.51. The van der Waals surface area contributed by atoms with Crippen molar-refractivity contribution < 1.29 is 4.79 Å². The van der Waals surface area contributed by atoms with Crippen LogP contribution in [0, 0.1) is 0 Å². The summed E-state index contributed by atoms with van der Waals surface area (Å²) < 4.78 is 4.36. The number of aryl methyl sites for hydroxylation is 1. The Morgan fingerprint density at radius 1 is 1.17 bits per heavy atom. The molecule has 1 N–H and O–H groups in total. The molecule has 8 heteroatoms. The zero-order valence-electron chi connectivity index (χ0n) is 16.2. The fraction of sp³-hybridized carbons (Fsp3) is 0.238. The molecule has 7 nitrogen and oxygen atoms in total. The van der Waals surface area contributed by atoms with Crippen LogP contribution >= 0.6 is 15.9 Å². The van der Waals surface area contributed by atoms with Crippen molar-refractivity contribution in [3.05, 3.63) is 70.6 Å². The summed E-state index contributed by atoms with van der Waals surface area (Å²) >= 11 is 3.56. The maximum atomic E-state index is 12.9. The van der Waals surface area contributed by atoms with Crippen LogP contribution in [0.25, 0.3) is 17.0 Å². The lowest BCUT2D eigenvalue weighted by Gasteiger charge is -2.16. The third kappa shape index (κ3) is 3.80. The van der Waals surface area contributed by atoms with Crippen LogP contribution in [0.15, 0.2) is 59.3 Å². The van der Waals surface area contributed by atoms with Crippen LogP contribution < -0.4 is 5.32 Å². The van der Waals surface area contributed by atoms with E-state index >= 15 is 0 Å². The first-order valence-electron chi connectivity index (χ1n) is 9.54. The average Bonchev–Trinajstić information content (AvgIpc) is 3.35. The number of halogens is 1. The van der Waals surface area contributed by atoms with E-state index in [2.05, 4.69) is 36.4 Å². The highest BCUT2D eigenvalue weighted by Gasteiger charge is 2.19. The van der Waals surface area contributed by atoms with Crippen molar-refractivity contribution in [2.24, 2.45) is 0 Å². The molecule has 1 amide bonds. The third-order valence-corrected chi connectivity index (χ3v) is 5.37. The molecule has 0 radical (unpaired) electrons. The minimum absolute atomic E-state index is 0.0738. The molecule has 1 atom stereocenters. The van der Waals surface area contributed by atoms with Gasteiger partial charge in [0.05, 0.1) is 16.2 Å². The van der Waals surface area contributed by atoms with Gasteiger partial charge in [0.2, 0.25) is 0 Å². The maximum absolute atomic E-state index is 12.9. The van der Waals surface area contributed by atoms with Crippen LogP contribution in [0.3, 0.4) is 0 Å². The second-order valence-corrected chi connectivity index (χ2v) is 7.51. The maximum Gasteiger partial charge on any atom is 0.272 e. The number of carbonyl (C=O) groups is 1. The highest BCUT2D eigenvalue weighted by atomic mass is 79.9. The van der Waals surface area contributed by atoms with E-state index in [4.69, 9.17) is 0 Å². The summed E-state index contributed by atoms with van der Waals surface area (Å²) in [6.07, 6.45) is 4.41. The summed E-state index contributed by atoms with van der Waals surface area (Å²) in [6.45, 7) is 4.83. The van der Waals surface area contributed by atoms with E-state index < -0.39 is 0 Å². The SMILES string of the molecule is CCC(NC(=O)c1cc2nccc(-c3nn(CC)cc3Br)n2n1)c1ccccc1. The molecule has 0 spiro atoms. The quantitative estimate of drug-likeness (QED) is 0.474. The van der Waals surface area contributed by atoms with Gasteiger partial charge in [-0.05, 0) is 40.9 Å². The summed E-state index contributed by atoms with van der Waals surface area (Å²) in [5.74, 6) is -0.227. The number of benzene rings is 1. The van der Waals surface area contributed by atoms with Gasteiger partial charge < -0.3 is 5.32 Å². The van der Waals surface area contributed by atoms with E-state index in [0.29, 0.717) is 11.3 Å². The first kappa shape index (κ1) is 19.3. The second kappa shape index (κ2) is 8.16. The zero-order chi connectivity index (χ0) is 20.4. The van der Waals surface area contributed by atoms with E-state index in [-0.39, 0.29) is 11.9 Å². The van der Waals surface area contributed by atoms with Gasteiger partial charge in [-0.3, -0.25) is 9.48 Å². The summed E-state index contributed by atoms with van der Waals surface area (Å²) in [4.78, 5) is 17.2. The Morgan fingerprint density at radius 3 is 2.66 bits per heavy atom. The summed E-state index contributed by atoms with van der Waals surface area (Å²) in [7, 11) is 0. The largest absolute Gasteiger partial charge is 0.344 e. The molecule has 0 aliphatic carbocycles. The molecule has 4 aromatic rings. The predicted molar refractivity (Wildman–Crippen MR) is 115 cm³/mol. The molecule has 1 aromatic carbocycles. The molecular weight excluding hydrogens is 432 g/mol. The van der Waals surface area contributed by atoms with E-state index in [1.165, 1.54) is 0 Å². The lowest BCUT2D eigenvalue weighted by Crippen LogP contribution is -2.28. The Hall–Kier alpha value is -3.00. The van der Waals surface area contributed by atoms with Gasteiger partial charge in [0.25, 0.3) is 5.91 Å². The fourth-order valence-electron chi connectivity index (χ4n) is 3.26. The normalized spacial score (nSPS) is 12.2. The monoisotopic (exact) mass is 452 g/mol. The first-order valence-corrected chi connectivity index (χ1v) is 10.3. The summed E-state index contributed by atoms with van der Waals surface area (Å²) in [5, 5.41) is 12.2. The van der Waals surface area contributed by atoms with Gasteiger partial charge in [0.15, 0.2) is 11.3 Å². The highest BCUT2D eigenvalue weighted by Crippen LogP contribution is 2.27. The molecule has 4 rings (SSSR count). The lowest BCUT2D eigenvalue weighted by atomic mass is 10.0. The Balaban J connectivity index is 1.67. The Morgan fingerprint density at radius 2 is 1.97 bits per heavy atom. The number of fused-ring (bicyclic) bond motifs is 1. The molecule has 1 unspecified atom stereocenters. The van der Waals surface area contributed by atoms with E-state index in [0.717, 1.165) is 34.4 Å². The van der Waals surface area contributed by atoms with Crippen molar-refractivity contribution in [2.75, 3.05) is 0 Å². The smallest absolute Gasteiger partial charge is 0.272 e. The number of nitrogens with zero attached hydrogens (tertiary/aromatic N) is 5. The van der Waals surface area contributed by atoms with Gasteiger partial charge in [-0.25, -0.2) is 9.50 Å². The van der Waals surface area contributed by atoms with Crippen molar-refractivity contribution >= 4 is 27.5 Å². The molecule has 29 heavy (non-hydrogen) atoms. The molecule has 0 saturated heterocycles. The second-order valence-electron chi connectivity index (χ2n) is 6.66. The molecule has 0 bridgehead atoms. The molecule has 3 heterocycles. The molecule has 3 aromatic heterocycles. The van der Waals surface area contributed by atoms with Gasteiger partial charge in [-0.2, -0.15) is 10.2 Å². The van der Waals surface area contributed by atoms with Crippen LogP contribution in [0.4, 0.5) is 0 Å². The number of aromatic nitrogens is 5. The zero-order valence-corrected chi connectivity index (χ0v) is 17.8. The Labute approximate surface area is 176 Å². The van der Waals surface area contributed by atoms with Gasteiger partial charge >= 0.3 is 0 Å². The fourth-order valence-corrected chi connectivity index (χ4v) is 3.78. The van der Waals surface area contributed by atoms with Crippen molar-refractivity contribution in [1.29, 1.82) is 0 Å². The van der Waals surface area contributed by atoms with Gasteiger partial charge in [-0.15, -0.1) is 0 Å². The van der Waals surface area contributed by atoms with Gasteiger partial charge in [-0.1, -0.05) is 37.3 Å². The highest BCUT2D eigenvalue weighted by molar-refractivity contribution is 9.10. The minimum Gasteiger partial charge on any atom is -0.344 e. The Bertz CT molecular complexity index is 1150. The topological polar surface area (TPSA) is 77.1 Å². The Kier molecular flexibility index (Phi) is 5.44. The van der Waals surface area contributed by atoms with Gasteiger partial charge in [0, 0.05) is 25.0 Å². The predicted octanol–water partition coefficient (Wildman–Crippen LogP) is 4.26. The van der Waals surface area contributed by atoms with Crippen LogP contribution in [-0.2, 0) is 6.54 Å². The van der Waals surface area contributed by atoms with Crippen LogP contribution in [0.1, 0.15) is 42.4 Å². The number of amides is 1. The number of nitrogens with one attached hydrogen (secondary N) is 1. The van der Waals surface area contributed by atoms with Crippen LogP contribution in [-0.4, -0.2) is 30.3 Å². The molecule has 0 aliphatic rings. The third-order valence-electron chi connectivity index (χ3n) is 4.79. The molecular formula is C21H21BrN6O. The van der Waals surface area contributed by atoms with Crippen LogP contribution in [0.2, 0.25) is 0 Å². The number of hydrogen-bond donors (Lipinski definition) is 1.